The number of rotatable bonds is 18. The van der Waals surface area contributed by atoms with Crippen LogP contribution in [0.3, 0.4) is 0 Å². The monoisotopic (exact) mass is 527 g/mol. The second-order valence-corrected chi connectivity index (χ2v) is 9.71. The Labute approximate surface area is 224 Å². The third kappa shape index (κ3) is 9.72. The molecular formula is C29H41N3O6. The van der Waals surface area contributed by atoms with Gasteiger partial charge in [-0.2, -0.15) is 0 Å². The first kappa shape index (κ1) is 29.6. The second kappa shape index (κ2) is 16.1. The number of ether oxygens (including phenoxy) is 1. The summed E-state index contributed by atoms with van der Waals surface area (Å²) in [4.78, 5) is 24.7. The number of benzene rings is 2. The molecule has 9 nitrogen and oxygen atoms in total. The van der Waals surface area contributed by atoms with Crippen LogP contribution in [0.25, 0.3) is 0 Å². The van der Waals surface area contributed by atoms with Gasteiger partial charge >= 0.3 is 6.03 Å². The number of nitrogens with zero attached hydrogens (tertiary/aromatic N) is 1. The van der Waals surface area contributed by atoms with Crippen LogP contribution < -0.4 is 10.6 Å². The van der Waals surface area contributed by atoms with Gasteiger partial charge in [0.05, 0.1) is 25.8 Å². The van der Waals surface area contributed by atoms with E-state index in [1.54, 1.807) is 12.1 Å². The van der Waals surface area contributed by atoms with Gasteiger partial charge in [-0.15, -0.1) is 0 Å². The topological polar surface area (TPSA) is 131 Å². The van der Waals surface area contributed by atoms with E-state index in [2.05, 4.69) is 22.8 Å². The SMILES string of the molecule is O=C1CNC(=O)N1Cc1cccc(CCCCOCCCCCCNC[C@H](O)c2ccc(O)c(CO)c2)c1. The molecule has 3 amide bonds. The number of carbonyl (C=O) groups excluding carboxylic acids is 2. The number of aliphatic hydroxyl groups excluding tert-OH is 2. The predicted molar refractivity (Wildman–Crippen MR) is 144 cm³/mol. The van der Waals surface area contributed by atoms with Crippen LogP contribution in [-0.4, -0.2) is 65.0 Å². The molecule has 9 heteroatoms. The van der Waals surface area contributed by atoms with E-state index in [1.807, 2.05) is 12.1 Å². The minimum atomic E-state index is -0.679. The van der Waals surface area contributed by atoms with Crippen molar-refractivity contribution >= 4 is 11.9 Å². The van der Waals surface area contributed by atoms with Crippen LogP contribution in [0.4, 0.5) is 4.79 Å². The van der Waals surface area contributed by atoms with Crippen LogP contribution in [-0.2, 0) is 29.1 Å². The summed E-state index contributed by atoms with van der Waals surface area (Å²) < 4.78 is 5.77. The number of imide groups is 1. The highest BCUT2D eigenvalue weighted by molar-refractivity contribution is 6.01. The Bertz CT molecular complexity index is 1020. The molecule has 5 N–H and O–H groups in total. The normalized spacial score (nSPS) is 14.2. The average molecular weight is 528 g/mol. The summed E-state index contributed by atoms with van der Waals surface area (Å²) in [5.41, 5.74) is 3.26. The van der Waals surface area contributed by atoms with Gasteiger partial charge in [-0.05, 0) is 67.5 Å². The van der Waals surface area contributed by atoms with E-state index >= 15 is 0 Å². The lowest BCUT2D eigenvalue weighted by molar-refractivity contribution is -0.125. The Morgan fingerprint density at radius 1 is 0.974 bits per heavy atom. The molecule has 1 fully saturated rings. The number of phenols is 1. The van der Waals surface area contributed by atoms with Gasteiger partial charge in [0.2, 0.25) is 5.91 Å². The van der Waals surface area contributed by atoms with Gasteiger partial charge in [0.1, 0.15) is 5.75 Å². The number of aryl methyl sites for hydroxylation is 1. The van der Waals surface area contributed by atoms with Crippen molar-refractivity contribution in [3.05, 3.63) is 64.7 Å². The summed E-state index contributed by atoms with van der Waals surface area (Å²) in [6.45, 7) is 2.90. The third-order valence-corrected chi connectivity index (χ3v) is 6.66. The average Bonchev–Trinajstić information content (AvgIpc) is 3.23. The first-order chi connectivity index (χ1) is 18.5. The van der Waals surface area contributed by atoms with Gasteiger partial charge < -0.3 is 30.7 Å². The minimum Gasteiger partial charge on any atom is -0.508 e. The zero-order valence-electron chi connectivity index (χ0n) is 22.0. The van der Waals surface area contributed by atoms with Crippen molar-refractivity contribution in [1.82, 2.24) is 15.5 Å². The van der Waals surface area contributed by atoms with Crippen molar-refractivity contribution < 1.29 is 29.6 Å². The molecule has 1 aliphatic heterocycles. The summed E-state index contributed by atoms with van der Waals surface area (Å²) >= 11 is 0. The van der Waals surface area contributed by atoms with E-state index in [-0.39, 0.29) is 30.8 Å². The maximum absolute atomic E-state index is 11.8. The fraction of sp³-hybridized carbons (Fsp3) is 0.517. The van der Waals surface area contributed by atoms with Crippen LogP contribution in [0.5, 0.6) is 5.75 Å². The standard InChI is InChI=1S/C29H41N3O6/c33-21-25-17-24(11-12-26(25)34)27(35)18-30-13-4-1-2-5-14-38-15-6-3-8-22-9-7-10-23(16-22)20-32-28(36)19-31-29(32)37/h7,9-12,16-17,27,30,33-35H,1-6,8,13-15,18-21H2,(H,31,37)/t27-/m0/s1. The molecule has 38 heavy (non-hydrogen) atoms. The molecule has 0 unspecified atom stereocenters. The number of urea groups is 1. The second-order valence-electron chi connectivity index (χ2n) is 9.71. The van der Waals surface area contributed by atoms with Crippen LogP contribution in [0.2, 0.25) is 0 Å². The molecule has 1 atom stereocenters. The highest BCUT2D eigenvalue weighted by Crippen LogP contribution is 2.22. The lowest BCUT2D eigenvalue weighted by atomic mass is 10.1. The number of aliphatic hydroxyl groups is 2. The molecule has 208 valence electrons. The summed E-state index contributed by atoms with van der Waals surface area (Å²) in [6.07, 6.45) is 6.54. The highest BCUT2D eigenvalue weighted by atomic mass is 16.5. The predicted octanol–water partition coefficient (Wildman–Crippen LogP) is 3.16. The molecule has 1 heterocycles. The van der Waals surface area contributed by atoms with Crippen molar-refractivity contribution in [3.63, 3.8) is 0 Å². The summed E-state index contributed by atoms with van der Waals surface area (Å²) in [6, 6.07) is 12.5. The lowest BCUT2D eigenvalue weighted by Gasteiger charge is -2.14. The Kier molecular flexibility index (Phi) is 12.5. The van der Waals surface area contributed by atoms with Crippen molar-refractivity contribution in [2.45, 2.75) is 64.2 Å². The van der Waals surface area contributed by atoms with E-state index in [0.29, 0.717) is 24.2 Å². The molecule has 1 saturated heterocycles. The minimum absolute atomic E-state index is 0.0356. The number of hydrogen-bond acceptors (Lipinski definition) is 7. The summed E-state index contributed by atoms with van der Waals surface area (Å²) in [5, 5.41) is 34.9. The lowest BCUT2D eigenvalue weighted by Crippen LogP contribution is -2.30. The fourth-order valence-corrected chi connectivity index (χ4v) is 4.42. The van der Waals surface area contributed by atoms with Gasteiger partial charge in [0.15, 0.2) is 0 Å². The van der Waals surface area contributed by atoms with Gasteiger partial charge in [-0.1, -0.05) is 43.2 Å². The molecule has 1 aliphatic rings. The molecule has 0 bridgehead atoms. The zero-order valence-corrected chi connectivity index (χ0v) is 22.0. The molecule has 3 rings (SSSR count). The maximum atomic E-state index is 11.8. The molecule has 2 aromatic rings. The molecule has 0 aromatic heterocycles. The van der Waals surface area contributed by atoms with Crippen LogP contribution in [0, 0.1) is 0 Å². The Hall–Kier alpha value is -2.98. The number of amides is 3. The fourth-order valence-electron chi connectivity index (χ4n) is 4.42. The van der Waals surface area contributed by atoms with E-state index in [1.165, 1.54) is 16.5 Å². The van der Waals surface area contributed by atoms with E-state index in [9.17, 15) is 24.9 Å². The van der Waals surface area contributed by atoms with E-state index < -0.39 is 6.10 Å². The number of unbranched alkanes of at least 4 members (excludes halogenated alkanes) is 4. The van der Waals surface area contributed by atoms with Crippen LogP contribution in [0.1, 0.15) is 66.9 Å². The maximum Gasteiger partial charge on any atom is 0.324 e. The highest BCUT2D eigenvalue weighted by Gasteiger charge is 2.28. The van der Waals surface area contributed by atoms with Crippen molar-refractivity contribution in [1.29, 1.82) is 0 Å². The van der Waals surface area contributed by atoms with Gasteiger partial charge in [0, 0.05) is 25.3 Å². The molecule has 2 aromatic carbocycles. The van der Waals surface area contributed by atoms with Crippen LogP contribution in [0.15, 0.2) is 42.5 Å². The molecule has 0 radical (unpaired) electrons. The van der Waals surface area contributed by atoms with Crippen molar-refractivity contribution in [2.75, 3.05) is 32.8 Å². The van der Waals surface area contributed by atoms with Gasteiger partial charge in [-0.25, -0.2) is 4.79 Å². The molecular weight excluding hydrogens is 486 g/mol. The first-order valence-electron chi connectivity index (χ1n) is 13.5. The zero-order chi connectivity index (χ0) is 27.2. The smallest absolute Gasteiger partial charge is 0.324 e. The molecule has 0 aliphatic carbocycles. The van der Waals surface area contributed by atoms with Gasteiger partial charge in [-0.3, -0.25) is 9.69 Å². The Morgan fingerprint density at radius 3 is 2.50 bits per heavy atom. The quantitative estimate of drug-likeness (QED) is 0.149. The largest absolute Gasteiger partial charge is 0.508 e. The van der Waals surface area contributed by atoms with Gasteiger partial charge in [0.25, 0.3) is 0 Å². The summed E-state index contributed by atoms with van der Waals surface area (Å²) in [7, 11) is 0. The number of nitrogens with one attached hydrogen (secondary N) is 2. The Morgan fingerprint density at radius 2 is 1.74 bits per heavy atom. The third-order valence-electron chi connectivity index (χ3n) is 6.66. The van der Waals surface area contributed by atoms with Crippen LogP contribution >= 0.6 is 0 Å². The summed E-state index contributed by atoms with van der Waals surface area (Å²) in [5.74, 6) is -0.150. The van der Waals surface area contributed by atoms with E-state index in [0.717, 1.165) is 70.3 Å². The number of hydrogen-bond donors (Lipinski definition) is 5. The first-order valence-corrected chi connectivity index (χ1v) is 13.5. The van der Waals surface area contributed by atoms with Crippen molar-refractivity contribution in [3.8, 4) is 5.75 Å². The number of aromatic hydroxyl groups is 1. The Balaban J connectivity index is 1.15. The molecule has 0 spiro atoms. The molecule has 0 saturated carbocycles. The van der Waals surface area contributed by atoms with Crippen molar-refractivity contribution in [2.24, 2.45) is 0 Å². The van der Waals surface area contributed by atoms with E-state index in [4.69, 9.17) is 4.74 Å². The number of carbonyl (C=O) groups is 2.